The molecule has 0 atom stereocenters. The van der Waals surface area contributed by atoms with Crippen LogP contribution in [0.5, 0.6) is 0 Å². The summed E-state index contributed by atoms with van der Waals surface area (Å²) in [4.78, 5) is 25.8. The maximum atomic E-state index is 12.2. The summed E-state index contributed by atoms with van der Waals surface area (Å²) in [7, 11) is -3.26. The van der Waals surface area contributed by atoms with Crippen molar-refractivity contribution in [3.8, 4) is 11.8 Å². The lowest BCUT2D eigenvalue weighted by atomic mass is 9.90. The van der Waals surface area contributed by atoms with Crippen molar-refractivity contribution in [3.05, 3.63) is 78.0 Å². The standard InChI is InChI=1S/C26H21N5O3S/c1-26(2)24-22(31-25(26)32)12-16(14-29-24)4-9-21-20-13-23(28-15-17(20)10-11-27-21)30-18-5-7-19(8-6-18)35(3,33)34/h5-8,10-15H,1-3H3,(H,28,30)(H,31,32). The van der Waals surface area contributed by atoms with Gasteiger partial charge in [-0.25, -0.2) is 18.4 Å². The van der Waals surface area contributed by atoms with Crippen LogP contribution < -0.4 is 10.6 Å². The van der Waals surface area contributed by atoms with E-state index in [1.54, 1.807) is 42.9 Å². The third-order valence-corrected chi connectivity index (χ3v) is 6.95. The molecule has 0 spiro atoms. The second kappa shape index (κ2) is 8.18. The predicted molar refractivity (Wildman–Crippen MR) is 134 cm³/mol. The summed E-state index contributed by atoms with van der Waals surface area (Å²) in [6.45, 7) is 3.68. The second-order valence-electron chi connectivity index (χ2n) is 8.82. The maximum Gasteiger partial charge on any atom is 0.236 e. The Hall–Kier alpha value is -4.29. The summed E-state index contributed by atoms with van der Waals surface area (Å²) >= 11 is 0. The lowest BCUT2D eigenvalue weighted by Crippen LogP contribution is -2.27. The van der Waals surface area contributed by atoms with Gasteiger partial charge < -0.3 is 10.6 Å². The van der Waals surface area contributed by atoms with Crippen molar-refractivity contribution in [2.24, 2.45) is 0 Å². The zero-order valence-corrected chi connectivity index (χ0v) is 20.1. The molecule has 0 saturated carbocycles. The molecule has 1 aromatic carbocycles. The van der Waals surface area contributed by atoms with Crippen LogP contribution in [0.4, 0.5) is 17.2 Å². The van der Waals surface area contributed by atoms with Crippen LogP contribution in [0.3, 0.4) is 0 Å². The molecule has 1 amide bonds. The zero-order valence-electron chi connectivity index (χ0n) is 19.2. The van der Waals surface area contributed by atoms with Crippen molar-refractivity contribution in [1.29, 1.82) is 0 Å². The Morgan fingerprint density at radius 2 is 1.74 bits per heavy atom. The van der Waals surface area contributed by atoms with Gasteiger partial charge in [-0.2, -0.15) is 0 Å². The molecule has 0 aliphatic carbocycles. The van der Waals surface area contributed by atoms with Gasteiger partial charge in [0.05, 0.1) is 21.7 Å². The monoisotopic (exact) mass is 483 g/mol. The van der Waals surface area contributed by atoms with Crippen molar-refractivity contribution in [2.75, 3.05) is 16.9 Å². The molecule has 0 radical (unpaired) electrons. The minimum atomic E-state index is -3.26. The third kappa shape index (κ3) is 4.32. The number of fused-ring (bicyclic) bond motifs is 2. The molecule has 2 N–H and O–H groups in total. The molecule has 3 aromatic heterocycles. The highest BCUT2D eigenvalue weighted by molar-refractivity contribution is 7.90. The van der Waals surface area contributed by atoms with Crippen LogP contribution in [0.2, 0.25) is 0 Å². The van der Waals surface area contributed by atoms with Gasteiger partial charge in [-0.15, -0.1) is 0 Å². The van der Waals surface area contributed by atoms with E-state index in [1.807, 2.05) is 32.0 Å². The fraction of sp³-hybridized carbons (Fsp3) is 0.154. The van der Waals surface area contributed by atoms with E-state index in [0.29, 0.717) is 34.1 Å². The summed E-state index contributed by atoms with van der Waals surface area (Å²) in [6.07, 6.45) is 6.23. The number of aromatic nitrogens is 3. The molecule has 1 aliphatic heterocycles. The number of amides is 1. The molecule has 0 saturated heterocycles. The van der Waals surface area contributed by atoms with Crippen LogP contribution in [0.15, 0.2) is 66.0 Å². The highest BCUT2D eigenvalue weighted by atomic mass is 32.2. The molecule has 5 rings (SSSR count). The number of nitrogens with zero attached hydrogens (tertiary/aromatic N) is 3. The van der Waals surface area contributed by atoms with Gasteiger partial charge >= 0.3 is 0 Å². The summed E-state index contributed by atoms with van der Waals surface area (Å²) in [6, 6.07) is 12.0. The summed E-state index contributed by atoms with van der Waals surface area (Å²) in [5.74, 6) is 6.69. The zero-order chi connectivity index (χ0) is 24.8. The number of carbonyl (C=O) groups excluding carboxylic acids is 1. The van der Waals surface area contributed by atoms with E-state index in [-0.39, 0.29) is 10.8 Å². The van der Waals surface area contributed by atoms with E-state index in [4.69, 9.17) is 0 Å². The van der Waals surface area contributed by atoms with Gasteiger partial charge in [0.15, 0.2) is 9.84 Å². The Balaban J connectivity index is 1.45. The van der Waals surface area contributed by atoms with Crippen molar-refractivity contribution in [3.63, 3.8) is 0 Å². The van der Waals surface area contributed by atoms with Crippen LogP contribution in [0.25, 0.3) is 10.8 Å². The third-order valence-electron chi connectivity index (χ3n) is 5.82. The van der Waals surface area contributed by atoms with Crippen LogP contribution in [0, 0.1) is 11.8 Å². The molecule has 8 nitrogen and oxygen atoms in total. The summed E-state index contributed by atoms with van der Waals surface area (Å²) in [5, 5.41) is 7.74. The number of anilines is 3. The molecule has 4 aromatic rings. The molecular weight excluding hydrogens is 462 g/mol. The summed E-state index contributed by atoms with van der Waals surface area (Å²) < 4.78 is 23.3. The quantitative estimate of drug-likeness (QED) is 0.426. The molecule has 9 heteroatoms. The Morgan fingerprint density at radius 1 is 0.971 bits per heavy atom. The molecule has 0 fully saturated rings. The highest BCUT2D eigenvalue weighted by Gasteiger charge is 2.39. The average molecular weight is 484 g/mol. The molecule has 174 valence electrons. The van der Waals surface area contributed by atoms with Crippen LogP contribution in [-0.2, 0) is 20.0 Å². The van der Waals surface area contributed by atoms with Gasteiger partial charge in [-0.1, -0.05) is 5.92 Å². The number of hydrogen-bond donors (Lipinski definition) is 2. The average Bonchev–Trinajstić information content (AvgIpc) is 3.05. The van der Waals surface area contributed by atoms with E-state index < -0.39 is 15.3 Å². The molecular formula is C26H21N5O3S. The Bertz CT molecular complexity index is 1670. The van der Waals surface area contributed by atoms with Crippen molar-refractivity contribution in [2.45, 2.75) is 24.2 Å². The molecule has 4 heterocycles. The fourth-order valence-corrected chi connectivity index (χ4v) is 4.44. The van der Waals surface area contributed by atoms with Crippen LogP contribution in [-0.4, -0.2) is 35.5 Å². The fourth-order valence-electron chi connectivity index (χ4n) is 3.81. The number of benzene rings is 1. The predicted octanol–water partition coefficient (Wildman–Crippen LogP) is 3.80. The number of sulfone groups is 1. The van der Waals surface area contributed by atoms with Crippen LogP contribution >= 0.6 is 0 Å². The van der Waals surface area contributed by atoms with E-state index in [2.05, 4.69) is 37.4 Å². The summed E-state index contributed by atoms with van der Waals surface area (Å²) in [5.41, 5.74) is 2.66. The van der Waals surface area contributed by atoms with E-state index in [9.17, 15) is 13.2 Å². The molecule has 35 heavy (non-hydrogen) atoms. The van der Waals surface area contributed by atoms with Gasteiger partial charge in [0.2, 0.25) is 5.91 Å². The highest BCUT2D eigenvalue weighted by Crippen LogP contribution is 2.35. The molecule has 0 bridgehead atoms. The van der Waals surface area contributed by atoms with Gasteiger partial charge in [0.25, 0.3) is 0 Å². The minimum Gasteiger partial charge on any atom is -0.340 e. The Kier molecular flexibility index (Phi) is 5.26. The van der Waals surface area contributed by atoms with Crippen molar-refractivity contribution in [1.82, 2.24) is 15.0 Å². The van der Waals surface area contributed by atoms with E-state index in [0.717, 1.165) is 10.8 Å². The van der Waals surface area contributed by atoms with Gasteiger partial charge in [-0.05, 0) is 62.2 Å². The lowest BCUT2D eigenvalue weighted by Gasteiger charge is -2.13. The van der Waals surface area contributed by atoms with Crippen molar-refractivity contribution < 1.29 is 13.2 Å². The number of carbonyl (C=O) groups is 1. The first-order valence-electron chi connectivity index (χ1n) is 10.8. The lowest BCUT2D eigenvalue weighted by molar-refractivity contribution is -0.119. The number of rotatable bonds is 3. The topological polar surface area (TPSA) is 114 Å². The molecule has 0 unspecified atom stereocenters. The van der Waals surface area contributed by atoms with E-state index >= 15 is 0 Å². The maximum absolute atomic E-state index is 12.2. The first-order valence-corrected chi connectivity index (χ1v) is 12.7. The Morgan fingerprint density at radius 3 is 2.49 bits per heavy atom. The largest absolute Gasteiger partial charge is 0.340 e. The first kappa shape index (κ1) is 22.5. The van der Waals surface area contributed by atoms with Crippen LogP contribution in [0.1, 0.15) is 30.8 Å². The van der Waals surface area contributed by atoms with E-state index in [1.165, 1.54) is 6.26 Å². The van der Waals surface area contributed by atoms with Gasteiger partial charge in [0, 0.05) is 46.9 Å². The Labute approximate surface area is 202 Å². The second-order valence-corrected chi connectivity index (χ2v) is 10.8. The van der Waals surface area contributed by atoms with Gasteiger partial charge in [-0.3, -0.25) is 9.78 Å². The normalized spacial score (nSPS) is 14.1. The minimum absolute atomic E-state index is 0.0840. The molecule has 1 aliphatic rings. The number of hydrogen-bond acceptors (Lipinski definition) is 7. The number of pyridine rings is 3. The van der Waals surface area contributed by atoms with Crippen molar-refractivity contribution >= 4 is 43.7 Å². The SMILES string of the molecule is CC1(C)C(=O)Nc2cc(C#Cc3nccc4cnc(Nc5ccc(S(C)(=O)=O)cc5)cc34)cnc21. The first-order chi connectivity index (χ1) is 16.6. The smallest absolute Gasteiger partial charge is 0.236 e. The number of nitrogens with one attached hydrogen (secondary N) is 2. The van der Waals surface area contributed by atoms with Gasteiger partial charge in [0.1, 0.15) is 11.5 Å².